The Labute approximate surface area is 139 Å². The fourth-order valence-corrected chi connectivity index (χ4v) is 4.59. The molecule has 0 spiro atoms. The Morgan fingerprint density at radius 3 is 3.00 bits per heavy atom. The molecule has 3 rings (SSSR count). The molecule has 1 aliphatic carbocycles. The molecule has 2 aromatic heterocycles. The summed E-state index contributed by atoms with van der Waals surface area (Å²) in [7, 11) is 0. The first-order valence-corrected chi connectivity index (χ1v) is 9.25. The number of halogens is 2. The van der Waals surface area contributed by atoms with Gasteiger partial charge in [0.05, 0.1) is 10.4 Å². The van der Waals surface area contributed by atoms with Crippen LogP contribution in [0.2, 0.25) is 5.02 Å². The molecule has 0 radical (unpaired) electrons. The lowest BCUT2D eigenvalue weighted by atomic mass is 10.2. The number of aromatic nitrogens is 3. The minimum Gasteiger partial charge on any atom is -0.308 e. The van der Waals surface area contributed by atoms with Crippen LogP contribution in [0.5, 0.6) is 0 Å². The summed E-state index contributed by atoms with van der Waals surface area (Å²) in [6.07, 6.45) is 5.29. The SMILES string of the molecule is CCSC1CCC(n2c(C(C)Cl)nc3cc(Cl)cnc32)C1. The second-order valence-corrected chi connectivity index (χ2v) is 8.16. The number of imidazole rings is 1. The molecule has 0 saturated heterocycles. The monoisotopic (exact) mass is 343 g/mol. The van der Waals surface area contributed by atoms with Gasteiger partial charge in [0.25, 0.3) is 0 Å². The van der Waals surface area contributed by atoms with Gasteiger partial charge in [-0.2, -0.15) is 11.8 Å². The Balaban J connectivity index is 2.02. The van der Waals surface area contributed by atoms with Gasteiger partial charge in [-0.05, 0) is 38.0 Å². The Morgan fingerprint density at radius 2 is 2.29 bits per heavy atom. The van der Waals surface area contributed by atoms with Crippen LogP contribution in [0.1, 0.15) is 50.4 Å². The Hall–Kier alpha value is -0.450. The smallest absolute Gasteiger partial charge is 0.160 e. The van der Waals surface area contributed by atoms with Crippen molar-refractivity contribution < 1.29 is 0 Å². The van der Waals surface area contributed by atoms with Crippen molar-refractivity contribution in [2.75, 3.05) is 5.75 Å². The average molecular weight is 344 g/mol. The number of hydrogen-bond acceptors (Lipinski definition) is 3. The van der Waals surface area contributed by atoms with E-state index in [1.54, 1.807) is 6.20 Å². The zero-order valence-corrected chi connectivity index (χ0v) is 14.5. The van der Waals surface area contributed by atoms with Crippen molar-refractivity contribution in [2.24, 2.45) is 0 Å². The van der Waals surface area contributed by atoms with Gasteiger partial charge in [0.2, 0.25) is 0 Å². The van der Waals surface area contributed by atoms with Gasteiger partial charge in [0.15, 0.2) is 5.65 Å². The minimum absolute atomic E-state index is 0.129. The topological polar surface area (TPSA) is 30.7 Å². The van der Waals surface area contributed by atoms with Crippen molar-refractivity contribution in [3.63, 3.8) is 0 Å². The third kappa shape index (κ3) is 3.03. The lowest BCUT2D eigenvalue weighted by Crippen LogP contribution is -2.11. The van der Waals surface area contributed by atoms with E-state index in [4.69, 9.17) is 23.2 Å². The summed E-state index contributed by atoms with van der Waals surface area (Å²) in [5.74, 6) is 2.09. The molecule has 0 N–H and O–H groups in total. The molecule has 0 aliphatic heterocycles. The van der Waals surface area contributed by atoms with E-state index in [2.05, 4.69) is 33.2 Å². The molecular weight excluding hydrogens is 325 g/mol. The highest BCUT2D eigenvalue weighted by Crippen LogP contribution is 2.40. The summed E-state index contributed by atoms with van der Waals surface area (Å²) in [6.45, 7) is 4.19. The highest BCUT2D eigenvalue weighted by molar-refractivity contribution is 7.99. The summed E-state index contributed by atoms with van der Waals surface area (Å²) < 4.78 is 2.25. The van der Waals surface area contributed by atoms with Crippen LogP contribution in [0.15, 0.2) is 12.3 Å². The van der Waals surface area contributed by atoms with Gasteiger partial charge in [-0.3, -0.25) is 0 Å². The van der Waals surface area contributed by atoms with Crippen LogP contribution < -0.4 is 0 Å². The molecule has 3 nitrogen and oxygen atoms in total. The van der Waals surface area contributed by atoms with Crippen LogP contribution in [-0.2, 0) is 0 Å². The molecule has 21 heavy (non-hydrogen) atoms. The van der Waals surface area contributed by atoms with Crippen molar-refractivity contribution in [2.45, 2.75) is 49.8 Å². The Kier molecular flexibility index (Phi) is 4.67. The van der Waals surface area contributed by atoms with E-state index in [1.807, 2.05) is 13.0 Å². The third-order valence-electron chi connectivity index (χ3n) is 4.00. The van der Waals surface area contributed by atoms with Crippen LogP contribution in [0, 0.1) is 0 Å². The molecule has 6 heteroatoms. The first kappa shape index (κ1) is 15.4. The predicted molar refractivity (Wildman–Crippen MR) is 91.6 cm³/mol. The average Bonchev–Trinajstić information content (AvgIpc) is 3.02. The van der Waals surface area contributed by atoms with Gasteiger partial charge >= 0.3 is 0 Å². The maximum absolute atomic E-state index is 6.35. The van der Waals surface area contributed by atoms with E-state index >= 15 is 0 Å². The Morgan fingerprint density at radius 1 is 1.48 bits per heavy atom. The molecular formula is C15H19Cl2N3S. The predicted octanol–water partition coefficient (Wildman–Crippen LogP) is 5.23. The molecule has 114 valence electrons. The van der Waals surface area contributed by atoms with Gasteiger partial charge in [-0.1, -0.05) is 18.5 Å². The van der Waals surface area contributed by atoms with E-state index in [9.17, 15) is 0 Å². The number of pyridine rings is 1. The number of hydrogen-bond donors (Lipinski definition) is 0. The van der Waals surface area contributed by atoms with Gasteiger partial charge < -0.3 is 4.57 Å². The van der Waals surface area contributed by atoms with Crippen LogP contribution in [0.3, 0.4) is 0 Å². The van der Waals surface area contributed by atoms with Crippen molar-refractivity contribution in [3.8, 4) is 0 Å². The van der Waals surface area contributed by atoms with Crippen molar-refractivity contribution in [1.29, 1.82) is 0 Å². The fourth-order valence-electron chi connectivity index (χ4n) is 3.15. The number of alkyl halides is 1. The van der Waals surface area contributed by atoms with Crippen molar-refractivity contribution >= 4 is 46.1 Å². The molecule has 0 bridgehead atoms. The molecule has 3 unspecified atom stereocenters. The number of rotatable bonds is 4. The van der Waals surface area contributed by atoms with Gasteiger partial charge in [0, 0.05) is 17.5 Å². The molecule has 0 amide bonds. The lowest BCUT2D eigenvalue weighted by molar-refractivity contribution is 0.508. The molecule has 3 atom stereocenters. The molecule has 1 saturated carbocycles. The van der Waals surface area contributed by atoms with E-state index in [0.717, 1.165) is 22.2 Å². The Bertz CT molecular complexity index is 641. The van der Waals surface area contributed by atoms with Crippen LogP contribution in [-0.4, -0.2) is 25.5 Å². The van der Waals surface area contributed by atoms with E-state index in [-0.39, 0.29) is 5.38 Å². The van der Waals surface area contributed by atoms with E-state index in [1.165, 1.54) is 25.0 Å². The molecule has 2 heterocycles. The van der Waals surface area contributed by atoms with Crippen LogP contribution in [0.25, 0.3) is 11.2 Å². The molecule has 0 aromatic carbocycles. The molecule has 2 aromatic rings. The largest absolute Gasteiger partial charge is 0.308 e. The quantitative estimate of drug-likeness (QED) is 0.712. The van der Waals surface area contributed by atoms with Crippen molar-refractivity contribution in [1.82, 2.24) is 14.5 Å². The fraction of sp³-hybridized carbons (Fsp3) is 0.600. The summed E-state index contributed by atoms with van der Waals surface area (Å²) in [5.41, 5.74) is 1.76. The standard InChI is InChI=1S/C15H19Cl2N3S/c1-3-21-12-5-4-11(7-12)20-14(9(2)16)19-13-6-10(17)8-18-15(13)20/h6,8-9,11-12H,3-5,7H2,1-2H3. The van der Waals surface area contributed by atoms with Gasteiger partial charge in [-0.25, -0.2) is 9.97 Å². The molecule has 1 aliphatic rings. The lowest BCUT2D eigenvalue weighted by Gasteiger charge is -2.17. The highest BCUT2D eigenvalue weighted by Gasteiger charge is 2.30. The number of fused-ring (bicyclic) bond motifs is 1. The number of nitrogens with zero attached hydrogens (tertiary/aromatic N) is 3. The number of thioether (sulfide) groups is 1. The summed E-state index contributed by atoms with van der Waals surface area (Å²) >= 11 is 14.4. The zero-order valence-electron chi connectivity index (χ0n) is 12.2. The van der Waals surface area contributed by atoms with E-state index in [0.29, 0.717) is 11.1 Å². The van der Waals surface area contributed by atoms with E-state index < -0.39 is 0 Å². The summed E-state index contributed by atoms with van der Waals surface area (Å²) in [4.78, 5) is 9.17. The summed E-state index contributed by atoms with van der Waals surface area (Å²) in [6, 6.07) is 2.32. The normalized spacial score (nSPS) is 23.8. The first-order valence-electron chi connectivity index (χ1n) is 7.39. The minimum atomic E-state index is -0.129. The maximum Gasteiger partial charge on any atom is 0.160 e. The summed E-state index contributed by atoms with van der Waals surface area (Å²) in [5, 5.41) is 1.23. The van der Waals surface area contributed by atoms with Gasteiger partial charge in [-0.15, -0.1) is 11.6 Å². The maximum atomic E-state index is 6.35. The zero-order chi connectivity index (χ0) is 15.0. The van der Waals surface area contributed by atoms with Crippen LogP contribution >= 0.6 is 35.0 Å². The molecule has 1 fully saturated rings. The highest BCUT2D eigenvalue weighted by atomic mass is 35.5. The second kappa shape index (κ2) is 6.35. The second-order valence-electron chi connectivity index (χ2n) is 5.50. The third-order valence-corrected chi connectivity index (χ3v) is 5.64. The van der Waals surface area contributed by atoms with Crippen molar-refractivity contribution in [3.05, 3.63) is 23.1 Å². The van der Waals surface area contributed by atoms with Gasteiger partial charge in [0.1, 0.15) is 11.3 Å². The van der Waals surface area contributed by atoms with Crippen LogP contribution in [0.4, 0.5) is 0 Å². The first-order chi connectivity index (χ1) is 10.1.